The Morgan fingerprint density at radius 2 is 2.00 bits per heavy atom. The van der Waals surface area contributed by atoms with Gasteiger partial charge in [-0.3, -0.25) is 0 Å². The number of hydrogen-bond acceptors (Lipinski definition) is 2. The number of aromatic nitrogens is 1. The van der Waals surface area contributed by atoms with E-state index >= 15 is 0 Å². The maximum atomic E-state index is 13.2. The molecule has 0 fully saturated rings. The molecule has 78 valence electrons. The van der Waals surface area contributed by atoms with E-state index in [1.165, 1.54) is 23.5 Å². The third kappa shape index (κ3) is 2.33. The zero-order valence-corrected chi connectivity index (χ0v) is 11.0. The second-order valence-electron chi connectivity index (χ2n) is 2.73. The van der Waals surface area contributed by atoms with Crippen molar-refractivity contribution in [1.29, 1.82) is 0 Å². The average molecular weight is 327 g/mol. The molecule has 0 amide bonds. The van der Waals surface area contributed by atoms with Crippen molar-refractivity contribution in [2.24, 2.45) is 0 Å². The number of hydrogen-bond donors (Lipinski definition) is 0. The van der Waals surface area contributed by atoms with Crippen molar-refractivity contribution in [2.45, 2.75) is 0 Å². The van der Waals surface area contributed by atoms with Gasteiger partial charge >= 0.3 is 0 Å². The molecule has 2 aromatic rings. The van der Waals surface area contributed by atoms with Crippen LogP contribution in [-0.2, 0) is 0 Å². The molecule has 1 aromatic carbocycles. The monoisotopic (exact) mass is 325 g/mol. The molecule has 0 aliphatic heterocycles. The fourth-order valence-electron chi connectivity index (χ4n) is 1.09. The second kappa shape index (κ2) is 4.37. The van der Waals surface area contributed by atoms with E-state index in [2.05, 4.69) is 20.9 Å². The molecule has 15 heavy (non-hydrogen) atoms. The van der Waals surface area contributed by atoms with Crippen LogP contribution in [0.15, 0.2) is 21.4 Å². The van der Waals surface area contributed by atoms with E-state index in [0.717, 1.165) is 3.92 Å². The van der Waals surface area contributed by atoms with Gasteiger partial charge in [0.05, 0.1) is 15.7 Å². The Balaban J connectivity index is 2.58. The lowest BCUT2D eigenvalue weighted by atomic mass is 10.2. The van der Waals surface area contributed by atoms with E-state index in [1.54, 1.807) is 5.38 Å². The first-order valence-corrected chi connectivity index (χ1v) is 6.26. The molecule has 1 nitrogen and oxygen atoms in total. The minimum absolute atomic E-state index is 0.0121. The molecule has 0 radical (unpaired) electrons. The van der Waals surface area contributed by atoms with Crippen LogP contribution in [0.3, 0.4) is 0 Å². The molecule has 0 saturated heterocycles. The molecule has 0 atom stereocenters. The molecule has 1 heterocycles. The number of halogens is 4. The van der Waals surface area contributed by atoms with Gasteiger partial charge in [0.2, 0.25) is 0 Å². The Hall–Kier alpha value is -0.160. The minimum Gasteiger partial charge on any atom is -0.229 e. The molecule has 6 heteroatoms. The van der Waals surface area contributed by atoms with Gasteiger partial charge in [0.25, 0.3) is 0 Å². The highest BCUT2D eigenvalue weighted by Gasteiger charge is 2.11. The van der Waals surface area contributed by atoms with Gasteiger partial charge in [-0.05, 0) is 28.1 Å². The fourth-order valence-corrected chi connectivity index (χ4v) is 2.59. The fraction of sp³-hybridized carbons (Fsp3) is 0. The van der Waals surface area contributed by atoms with Crippen molar-refractivity contribution in [3.8, 4) is 11.3 Å². The Morgan fingerprint density at radius 1 is 1.27 bits per heavy atom. The highest BCUT2D eigenvalue weighted by molar-refractivity contribution is 9.11. The van der Waals surface area contributed by atoms with Crippen LogP contribution >= 0.6 is 50.5 Å². The third-order valence-electron chi connectivity index (χ3n) is 1.76. The van der Waals surface area contributed by atoms with Gasteiger partial charge in [0.1, 0.15) is 5.82 Å². The number of rotatable bonds is 1. The quantitative estimate of drug-likeness (QED) is 0.671. The molecule has 0 spiro atoms. The summed E-state index contributed by atoms with van der Waals surface area (Å²) in [4.78, 5) is 4.15. The molecular formula is C9H3BrCl2FNS. The lowest BCUT2D eigenvalue weighted by molar-refractivity contribution is 0.628. The van der Waals surface area contributed by atoms with E-state index in [4.69, 9.17) is 23.2 Å². The Bertz CT molecular complexity index is 515. The molecule has 0 saturated carbocycles. The van der Waals surface area contributed by atoms with E-state index in [-0.39, 0.29) is 5.02 Å². The summed E-state index contributed by atoms with van der Waals surface area (Å²) >= 11 is 16.2. The highest BCUT2D eigenvalue weighted by atomic mass is 79.9. The number of thiazole rings is 1. The third-order valence-corrected chi connectivity index (χ3v) is 3.73. The molecule has 1 aromatic heterocycles. The van der Waals surface area contributed by atoms with Gasteiger partial charge in [-0.25, -0.2) is 9.37 Å². The van der Waals surface area contributed by atoms with Gasteiger partial charge < -0.3 is 0 Å². The topological polar surface area (TPSA) is 12.9 Å². The van der Waals surface area contributed by atoms with Crippen LogP contribution in [0.5, 0.6) is 0 Å². The Morgan fingerprint density at radius 3 is 2.60 bits per heavy atom. The van der Waals surface area contributed by atoms with Crippen LogP contribution in [-0.4, -0.2) is 4.98 Å². The van der Waals surface area contributed by atoms with Crippen molar-refractivity contribution in [3.05, 3.63) is 37.3 Å². The van der Waals surface area contributed by atoms with Crippen LogP contribution in [0.1, 0.15) is 0 Å². The van der Waals surface area contributed by atoms with E-state index in [1.807, 2.05) is 0 Å². The molecule has 0 aliphatic carbocycles. The SMILES string of the molecule is Fc1cc(-c2csc(Br)n2)c(Cl)cc1Cl. The lowest BCUT2D eigenvalue weighted by Crippen LogP contribution is -1.84. The zero-order valence-electron chi connectivity index (χ0n) is 7.10. The largest absolute Gasteiger partial charge is 0.229 e. The predicted octanol–water partition coefficient (Wildman–Crippen LogP) is 5.02. The van der Waals surface area contributed by atoms with Crippen molar-refractivity contribution in [3.63, 3.8) is 0 Å². The molecule has 0 N–H and O–H groups in total. The van der Waals surface area contributed by atoms with Crippen molar-refractivity contribution in [1.82, 2.24) is 4.98 Å². The van der Waals surface area contributed by atoms with Crippen LogP contribution in [0.2, 0.25) is 10.0 Å². The summed E-state index contributed by atoms with van der Waals surface area (Å²) in [7, 11) is 0. The zero-order chi connectivity index (χ0) is 11.0. The summed E-state index contributed by atoms with van der Waals surface area (Å²) in [5, 5.41) is 2.19. The summed E-state index contributed by atoms with van der Waals surface area (Å²) in [5.74, 6) is -0.500. The average Bonchev–Trinajstić information content (AvgIpc) is 2.58. The van der Waals surface area contributed by atoms with Gasteiger partial charge in [0.15, 0.2) is 3.92 Å². The minimum atomic E-state index is -0.500. The summed E-state index contributed by atoms with van der Waals surface area (Å²) in [6.45, 7) is 0. The first-order valence-electron chi connectivity index (χ1n) is 3.84. The van der Waals surface area contributed by atoms with Gasteiger partial charge in [0, 0.05) is 10.9 Å². The first-order chi connectivity index (χ1) is 7.08. The Kier molecular flexibility index (Phi) is 3.30. The molecule has 2 rings (SSSR count). The van der Waals surface area contributed by atoms with Crippen LogP contribution in [0.4, 0.5) is 4.39 Å². The molecular weight excluding hydrogens is 324 g/mol. The van der Waals surface area contributed by atoms with Crippen LogP contribution < -0.4 is 0 Å². The van der Waals surface area contributed by atoms with E-state index in [9.17, 15) is 4.39 Å². The van der Waals surface area contributed by atoms with Crippen LogP contribution in [0.25, 0.3) is 11.3 Å². The van der Waals surface area contributed by atoms with Crippen molar-refractivity contribution < 1.29 is 4.39 Å². The molecule has 0 bridgehead atoms. The number of nitrogens with zero attached hydrogens (tertiary/aromatic N) is 1. The summed E-state index contributed by atoms with van der Waals surface area (Å²) in [6.07, 6.45) is 0. The van der Waals surface area contributed by atoms with Crippen molar-refractivity contribution in [2.75, 3.05) is 0 Å². The summed E-state index contributed by atoms with van der Waals surface area (Å²) in [6, 6.07) is 2.66. The maximum Gasteiger partial charge on any atom is 0.159 e. The maximum absolute atomic E-state index is 13.2. The molecule has 0 unspecified atom stereocenters. The normalized spacial score (nSPS) is 10.7. The van der Waals surface area contributed by atoms with Gasteiger partial charge in [-0.2, -0.15) is 0 Å². The summed E-state index contributed by atoms with van der Waals surface area (Å²) in [5.41, 5.74) is 1.17. The van der Waals surface area contributed by atoms with Gasteiger partial charge in [-0.1, -0.05) is 23.2 Å². The summed E-state index contributed by atoms with van der Waals surface area (Å²) < 4.78 is 14.0. The smallest absolute Gasteiger partial charge is 0.159 e. The highest BCUT2D eigenvalue weighted by Crippen LogP contribution is 2.33. The number of benzene rings is 1. The van der Waals surface area contributed by atoms with Crippen molar-refractivity contribution >= 4 is 50.5 Å². The Labute approximate surface area is 108 Å². The van der Waals surface area contributed by atoms with Gasteiger partial charge in [-0.15, -0.1) is 11.3 Å². The standard InChI is InChI=1S/C9H3BrCl2FNS/c10-9-14-8(3-15-9)4-1-7(13)6(12)2-5(4)11/h1-3H. The second-order valence-corrected chi connectivity index (χ2v) is 5.68. The first kappa shape index (κ1) is 11.3. The van der Waals surface area contributed by atoms with E-state index < -0.39 is 5.82 Å². The lowest BCUT2D eigenvalue weighted by Gasteiger charge is -2.02. The van der Waals surface area contributed by atoms with Crippen LogP contribution in [0, 0.1) is 5.82 Å². The molecule has 0 aliphatic rings. The predicted molar refractivity (Wildman–Crippen MR) is 65.2 cm³/mol. The van der Waals surface area contributed by atoms with E-state index in [0.29, 0.717) is 16.3 Å².